The molecule has 1 aliphatic rings. The number of benzene rings is 1. The third kappa shape index (κ3) is 2.43. The summed E-state index contributed by atoms with van der Waals surface area (Å²) in [4.78, 5) is 5.71. The molecule has 0 saturated carbocycles. The maximum absolute atomic E-state index is 6.23. The SMILES string of the molecule is COc1ccc(Cl)c2[nH]cc(CN3CCNCC3)c12. The number of nitrogens with zero attached hydrogens (tertiary/aromatic N) is 1. The van der Waals surface area contributed by atoms with E-state index < -0.39 is 0 Å². The fraction of sp³-hybridized carbons (Fsp3) is 0.429. The maximum atomic E-state index is 6.23. The standard InChI is InChI=1S/C14H18ClN3O/c1-19-12-3-2-11(15)14-13(12)10(8-17-14)9-18-6-4-16-5-7-18/h2-3,8,16-17H,4-7,9H2,1H3. The summed E-state index contributed by atoms with van der Waals surface area (Å²) in [5, 5.41) is 5.21. The smallest absolute Gasteiger partial charge is 0.128 e. The summed E-state index contributed by atoms with van der Waals surface area (Å²) in [5.74, 6) is 0.880. The number of halogens is 1. The zero-order chi connectivity index (χ0) is 13.2. The molecule has 0 aliphatic carbocycles. The van der Waals surface area contributed by atoms with Crippen molar-refractivity contribution >= 4 is 22.5 Å². The van der Waals surface area contributed by atoms with Gasteiger partial charge in [-0.1, -0.05) is 11.6 Å². The second kappa shape index (κ2) is 5.41. The molecule has 2 N–H and O–H groups in total. The number of rotatable bonds is 3. The van der Waals surface area contributed by atoms with E-state index in [0.717, 1.165) is 54.4 Å². The lowest BCUT2D eigenvalue weighted by atomic mass is 10.1. The Bertz CT molecular complexity index is 575. The molecule has 5 heteroatoms. The normalized spacial score (nSPS) is 16.9. The fourth-order valence-electron chi connectivity index (χ4n) is 2.65. The minimum absolute atomic E-state index is 0.738. The van der Waals surface area contributed by atoms with E-state index in [2.05, 4.69) is 15.2 Å². The van der Waals surface area contributed by atoms with Gasteiger partial charge < -0.3 is 15.0 Å². The summed E-state index contributed by atoms with van der Waals surface area (Å²) >= 11 is 6.23. The molecule has 0 spiro atoms. The Morgan fingerprint density at radius 1 is 1.32 bits per heavy atom. The zero-order valence-corrected chi connectivity index (χ0v) is 11.8. The van der Waals surface area contributed by atoms with Crippen LogP contribution in [-0.4, -0.2) is 43.2 Å². The quantitative estimate of drug-likeness (QED) is 0.905. The van der Waals surface area contributed by atoms with Gasteiger partial charge >= 0.3 is 0 Å². The number of methoxy groups -OCH3 is 1. The number of ether oxygens (including phenoxy) is 1. The number of aromatic nitrogens is 1. The maximum Gasteiger partial charge on any atom is 0.128 e. The molecule has 1 aromatic carbocycles. The highest BCUT2D eigenvalue weighted by Gasteiger charge is 2.16. The second-order valence-electron chi connectivity index (χ2n) is 4.84. The zero-order valence-electron chi connectivity index (χ0n) is 11.0. The summed E-state index contributed by atoms with van der Waals surface area (Å²) < 4.78 is 5.46. The first-order chi connectivity index (χ1) is 9.29. The van der Waals surface area contributed by atoms with Crippen molar-refractivity contribution in [2.24, 2.45) is 0 Å². The molecular weight excluding hydrogens is 262 g/mol. The van der Waals surface area contributed by atoms with E-state index in [1.807, 2.05) is 18.3 Å². The van der Waals surface area contributed by atoms with Crippen LogP contribution in [0.15, 0.2) is 18.3 Å². The minimum Gasteiger partial charge on any atom is -0.496 e. The first-order valence-corrected chi connectivity index (χ1v) is 6.93. The molecule has 1 saturated heterocycles. The van der Waals surface area contributed by atoms with E-state index in [0.29, 0.717) is 0 Å². The number of hydrogen-bond donors (Lipinski definition) is 2. The van der Waals surface area contributed by atoms with Gasteiger partial charge in [0.05, 0.1) is 17.6 Å². The van der Waals surface area contributed by atoms with E-state index in [1.165, 1.54) is 5.56 Å². The molecule has 0 atom stereocenters. The van der Waals surface area contributed by atoms with E-state index in [-0.39, 0.29) is 0 Å². The van der Waals surface area contributed by atoms with Gasteiger partial charge in [0.25, 0.3) is 0 Å². The summed E-state index contributed by atoms with van der Waals surface area (Å²) in [6.45, 7) is 5.20. The van der Waals surface area contributed by atoms with Crippen LogP contribution in [0.3, 0.4) is 0 Å². The molecule has 3 rings (SSSR count). The van der Waals surface area contributed by atoms with Crippen LogP contribution in [0.4, 0.5) is 0 Å². The number of aromatic amines is 1. The molecule has 1 aromatic heterocycles. The number of nitrogens with one attached hydrogen (secondary N) is 2. The van der Waals surface area contributed by atoms with Gasteiger partial charge in [-0.05, 0) is 17.7 Å². The van der Waals surface area contributed by atoms with Crippen molar-refractivity contribution in [3.05, 3.63) is 28.9 Å². The second-order valence-corrected chi connectivity index (χ2v) is 5.25. The molecule has 2 aromatic rings. The van der Waals surface area contributed by atoms with Crippen LogP contribution in [0.25, 0.3) is 10.9 Å². The molecule has 0 amide bonds. The van der Waals surface area contributed by atoms with Crippen LogP contribution in [0.2, 0.25) is 5.02 Å². The van der Waals surface area contributed by atoms with Gasteiger partial charge in [-0.3, -0.25) is 4.90 Å². The Labute approximate surface area is 117 Å². The van der Waals surface area contributed by atoms with Gasteiger partial charge in [-0.15, -0.1) is 0 Å². The van der Waals surface area contributed by atoms with Gasteiger partial charge in [0.2, 0.25) is 0 Å². The molecule has 102 valence electrons. The lowest BCUT2D eigenvalue weighted by Crippen LogP contribution is -2.42. The van der Waals surface area contributed by atoms with E-state index in [4.69, 9.17) is 16.3 Å². The van der Waals surface area contributed by atoms with Gasteiger partial charge in [-0.25, -0.2) is 0 Å². The largest absolute Gasteiger partial charge is 0.496 e. The molecule has 4 nitrogen and oxygen atoms in total. The molecule has 0 unspecified atom stereocenters. The molecule has 1 aliphatic heterocycles. The molecule has 0 radical (unpaired) electrons. The highest BCUT2D eigenvalue weighted by molar-refractivity contribution is 6.35. The lowest BCUT2D eigenvalue weighted by molar-refractivity contribution is 0.234. The van der Waals surface area contributed by atoms with E-state index in [9.17, 15) is 0 Å². The fourth-order valence-corrected chi connectivity index (χ4v) is 2.87. The van der Waals surface area contributed by atoms with Crippen molar-refractivity contribution in [1.29, 1.82) is 0 Å². The lowest BCUT2D eigenvalue weighted by Gasteiger charge is -2.27. The van der Waals surface area contributed by atoms with Crippen molar-refractivity contribution in [1.82, 2.24) is 15.2 Å². The van der Waals surface area contributed by atoms with E-state index >= 15 is 0 Å². The number of piperazine rings is 1. The van der Waals surface area contributed by atoms with Gasteiger partial charge in [-0.2, -0.15) is 0 Å². The Morgan fingerprint density at radius 2 is 2.11 bits per heavy atom. The van der Waals surface area contributed by atoms with Crippen LogP contribution < -0.4 is 10.1 Å². The van der Waals surface area contributed by atoms with Crippen molar-refractivity contribution in [2.45, 2.75) is 6.54 Å². The Balaban J connectivity index is 1.96. The van der Waals surface area contributed by atoms with Crippen LogP contribution in [0.5, 0.6) is 5.75 Å². The van der Waals surface area contributed by atoms with Crippen molar-refractivity contribution in [3.8, 4) is 5.75 Å². The topological polar surface area (TPSA) is 40.3 Å². The summed E-state index contributed by atoms with van der Waals surface area (Å²) in [5.41, 5.74) is 2.21. The molecule has 19 heavy (non-hydrogen) atoms. The number of fused-ring (bicyclic) bond motifs is 1. The Hall–Kier alpha value is -1.23. The highest BCUT2D eigenvalue weighted by Crippen LogP contribution is 2.34. The summed E-state index contributed by atoms with van der Waals surface area (Å²) in [6.07, 6.45) is 2.04. The van der Waals surface area contributed by atoms with E-state index in [1.54, 1.807) is 7.11 Å². The molecule has 1 fully saturated rings. The van der Waals surface area contributed by atoms with Crippen molar-refractivity contribution in [2.75, 3.05) is 33.3 Å². The van der Waals surface area contributed by atoms with Crippen LogP contribution in [-0.2, 0) is 6.54 Å². The molecule has 0 bridgehead atoms. The third-order valence-corrected chi connectivity index (χ3v) is 3.97. The minimum atomic E-state index is 0.738. The van der Waals surface area contributed by atoms with Crippen LogP contribution >= 0.6 is 11.6 Å². The average molecular weight is 280 g/mol. The summed E-state index contributed by atoms with van der Waals surface area (Å²) in [6, 6.07) is 3.80. The predicted octanol–water partition coefficient (Wildman–Crippen LogP) is 2.24. The van der Waals surface area contributed by atoms with Crippen LogP contribution in [0.1, 0.15) is 5.56 Å². The monoisotopic (exact) mass is 279 g/mol. The van der Waals surface area contributed by atoms with Crippen molar-refractivity contribution < 1.29 is 4.74 Å². The van der Waals surface area contributed by atoms with Gasteiger partial charge in [0, 0.05) is 44.3 Å². The predicted molar refractivity (Wildman–Crippen MR) is 78.0 cm³/mol. The van der Waals surface area contributed by atoms with Gasteiger partial charge in [0.15, 0.2) is 0 Å². The first-order valence-electron chi connectivity index (χ1n) is 6.55. The van der Waals surface area contributed by atoms with Gasteiger partial charge in [0.1, 0.15) is 5.75 Å². The third-order valence-electron chi connectivity index (χ3n) is 3.65. The number of hydrogen-bond acceptors (Lipinski definition) is 3. The summed E-state index contributed by atoms with van der Waals surface area (Å²) in [7, 11) is 1.70. The Morgan fingerprint density at radius 3 is 2.84 bits per heavy atom. The van der Waals surface area contributed by atoms with Crippen LogP contribution in [0, 0.1) is 0 Å². The number of H-pyrrole nitrogens is 1. The average Bonchev–Trinajstić information content (AvgIpc) is 2.86. The first kappa shape index (κ1) is 12.8. The molecule has 2 heterocycles. The highest BCUT2D eigenvalue weighted by atomic mass is 35.5. The van der Waals surface area contributed by atoms with Crippen molar-refractivity contribution in [3.63, 3.8) is 0 Å². The molecular formula is C14H18ClN3O. The Kier molecular flexibility index (Phi) is 3.64.